The molecule has 0 heterocycles. The van der Waals surface area contributed by atoms with Crippen molar-refractivity contribution in [3.63, 3.8) is 0 Å². The Morgan fingerprint density at radius 1 is 1.28 bits per heavy atom. The van der Waals surface area contributed by atoms with E-state index in [-0.39, 0.29) is 19.0 Å². The number of amides is 3. The van der Waals surface area contributed by atoms with Crippen LogP contribution in [0.25, 0.3) is 0 Å². The third-order valence-corrected chi connectivity index (χ3v) is 2.99. The van der Waals surface area contributed by atoms with Crippen LogP contribution >= 0.6 is 0 Å². The second-order valence-electron chi connectivity index (χ2n) is 4.55. The molecule has 0 unspecified atom stereocenters. The normalized spacial score (nSPS) is 15.7. The van der Waals surface area contributed by atoms with Crippen LogP contribution in [-0.4, -0.2) is 54.6 Å². The van der Waals surface area contributed by atoms with Crippen molar-refractivity contribution in [3.8, 4) is 0 Å². The number of carbonyl (C=O) groups excluding carboxylic acids is 2. The van der Waals surface area contributed by atoms with Crippen molar-refractivity contribution in [1.29, 1.82) is 0 Å². The van der Waals surface area contributed by atoms with Gasteiger partial charge in [-0.2, -0.15) is 0 Å². The van der Waals surface area contributed by atoms with Crippen LogP contribution < -0.4 is 10.6 Å². The summed E-state index contributed by atoms with van der Waals surface area (Å²) in [4.78, 5) is 35.0. The van der Waals surface area contributed by atoms with Gasteiger partial charge in [-0.1, -0.05) is 0 Å². The molecule has 3 amide bonds. The zero-order valence-corrected chi connectivity index (χ0v) is 10.7. The summed E-state index contributed by atoms with van der Waals surface area (Å²) in [5.74, 6) is -1.12. The van der Waals surface area contributed by atoms with Crippen LogP contribution in [0.2, 0.25) is 0 Å². The Hall–Kier alpha value is -1.79. The van der Waals surface area contributed by atoms with Crippen LogP contribution in [-0.2, 0) is 9.59 Å². The van der Waals surface area contributed by atoms with Crippen LogP contribution in [0.3, 0.4) is 0 Å². The van der Waals surface area contributed by atoms with Gasteiger partial charge < -0.3 is 20.6 Å². The third-order valence-electron chi connectivity index (χ3n) is 2.99. The molecule has 0 aromatic heterocycles. The average Bonchev–Trinajstić information content (AvgIpc) is 3.07. The van der Waals surface area contributed by atoms with Gasteiger partial charge in [-0.05, 0) is 19.8 Å². The van der Waals surface area contributed by atoms with Crippen molar-refractivity contribution < 1.29 is 19.5 Å². The van der Waals surface area contributed by atoms with E-state index < -0.39 is 17.4 Å². The van der Waals surface area contributed by atoms with Gasteiger partial charge in [0.1, 0.15) is 6.54 Å². The topological polar surface area (TPSA) is 98.7 Å². The molecule has 0 bridgehead atoms. The highest BCUT2D eigenvalue weighted by molar-refractivity contribution is 5.84. The molecule has 1 aliphatic carbocycles. The molecule has 0 spiro atoms. The molecule has 0 aromatic rings. The van der Waals surface area contributed by atoms with E-state index in [1.54, 1.807) is 6.92 Å². The Morgan fingerprint density at radius 2 is 1.89 bits per heavy atom. The third kappa shape index (κ3) is 3.61. The fourth-order valence-corrected chi connectivity index (χ4v) is 1.54. The maximum Gasteiger partial charge on any atom is 0.317 e. The SMILES string of the molecule is CCNC(=O)CN(C)C(=O)NCC1(C(=O)O)CC1. The van der Waals surface area contributed by atoms with Gasteiger partial charge in [0.15, 0.2) is 0 Å². The highest BCUT2D eigenvalue weighted by atomic mass is 16.4. The van der Waals surface area contributed by atoms with E-state index in [0.717, 1.165) is 0 Å². The molecule has 1 aliphatic rings. The van der Waals surface area contributed by atoms with Crippen molar-refractivity contribution in [1.82, 2.24) is 15.5 Å². The molecule has 7 nitrogen and oxygen atoms in total. The molecule has 0 aliphatic heterocycles. The standard InChI is InChI=1S/C11H19N3O4/c1-3-12-8(15)6-14(2)10(18)13-7-11(4-5-11)9(16)17/h3-7H2,1-2H3,(H,12,15)(H,13,18)(H,16,17). The van der Waals surface area contributed by atoms with Crippen molar-refractivity contribution >= 4 is 17.9 Å². The summed E-state index contributed by atoms with van der Waals surface area (Å²) in [7, 11) is 1.49. The van der Waals surface area contributed by atoms with Crippen LogP contribution in [0, 0.1) is 5.41 Å². The molecule has 0 radical (unpaired) electrons. The predicted molar refractivity (Wildman–Crippen MR) is 64.0 cm³/mol. The van der Waals surface area contributed by atoms with Gasteiger partial charge in [-0.3, -0.25) is 9.59 Å². The lowest BCUT2D eigenvalue weighted by Gasteiger charge is -2.19. The number of carboxylic acid groups (broad SMARTS) is 1. The Bertz CT molecular complexity index is 352. The van der Waals surface area contributed by atoms with Crippen molar-refractivity contribution in [3.05, 3.63) is 0 Å². The fraction of sp³-hybridized carbons (Fsp3) is 0.727. The number of likely N-dealkylation sites (N-methyl/N-ethyl adjacent to an activating group) is 2. The number of rotatable bonds is 6. The summed E-state index contributed by atoms with van der Waals surface area (Å²) in [5.41, 5.74) is -0.790. The summed E-state index contributed by atoms with van der Waals surface area (Å²) in [5, 5.41) is 14.1. The molecule has 18 heavy (non-hydrogen) atoms. The Balaban J connectivity index is 2.32. The fourth-order valence-electron chi connectivity index (χ4n) is 1.54. The average molecular weight is 257 g/mol. The Labute approximate surface area is 106 Å². The van der Waals surface area contributed by atoms with E-state index in [9.17, 15) is 14.4 Å². The largest absolute Gasteiger partial charge is 0.481 e. The Kier molecular flexibility index (Phi) is 4.52. The number of hydrogen-bond acceptors (Lipinski definition) is 3. The van der Waals surface area contributed by atoms with Crippen molar-refractivity contribution in [2.75, 3.05) is 26.7 Å². The molecule has 0 saturated heterocycles. The van der Waals surface area contributed by atoms with Gasteiger partial charge in [-0.15, -0.1) is 0 Å². The second-order valence-corrected chi connectivity index (χ2v) is 4.55. The number of aliphatic carboxylic acids is 1. The van der Waals surface area contributed by atoms with Crippen LogP contribution in [0.5, 0.6) is 0 Å². The number of carboxylic acids is 1. The maximum atomic E-state index is 11.6. The monoisotopic (exact) mass is 257 g/mol. The first-order valence-corrected chi connectivity index (χ1v) is 5.90. The molecule has 0 aromatic carbocycles. The number of hydrogen-bond donors (Lipinski definition) is 3. The first-order valence-electron chi connectivity index (χ1n) is 5.90. The zero-order valence-electron chi connectivity index (χ0n) is 10.7. The van der Waals surface area contributed by atoms with E-state index >= 15 is 0 Å². The smallest absolute Gasteiger partial charge is 0.317 e. The molecule has 0 atom stereocenters. The molecule has 102 valence electrons. The predicted octanol–water partition coefficient (Wildman–Crippen LogP) is -0.371. The summed E-state index contributed by atoms with van der Waals surface area (Å²) in [6.07, 6.45) is 1.17. The van der Waals surface area contributed by atoms with Gasteiger partial charge in [0, 0.05) is 20.1 Å². The van der Waals surface area contributed by atoms with E-state index in [1.807, 2.05) is 0 Å². The van der Waals surface area contributed by atoms with E-state index in [1.165, 1.54) is 11.9 Å². The van der Waals surface area contributed by atoms with Gasteiger partial charge >= 0.3 is 12.0 Å². The van der Waals surface area contributed by atoms with Gasteiger partial charge in [0.25, 0.3) is 0 Å². The lowest BCUT2D eigenvalue weighted by molar-refractivity contribution is -0.143. The van der Waals surface area contributed by atoms with Crippen molar-refractivity contribution in [2.45, 2.75) is 19.8 Å². The highest BCUT2D eigenvalue weighted by Crippen LogP contribution is 2.45. The molecule has 3 N–H and O–H groups in total. The first-order chi connectivity index (χ1) is 8.41. The summed E-state index contributed by atoms with van der Waals surface area (Å²) >= 11 is 0. The summed E-state index contributed by atoms with van der Waals surface area (Å²) in [6.45, 7) is 2.37. The molecule has 1 rings (SSSR count). The van der Waals surface area contributed by atoms with Crippen molar-refractivity contribution in [2.24, 2.45) is 5.41 Å². The number of urea groups is 1. The van der Waals surface area contributed by atoms with Gasteiger partial charge in [0.2, 0.25) is 5.91 Å². The van der Waals surface area contributed by atoms with E-state index in [4.69, 9.17) is 5.11 Å². The molecular formula is C11H19N3O4. The van der Waals surface area contributed by atoms with E-state index in [0.29, 0.717) is 19.4 Å². The summed E-state index contributed by atoms with van der Waals surface area (Å²) < 4.78 is 0. The van der Waals surface area contributed by atoms with Gasteiger partial charge in [-0.25, -0.2) is 4.79 Å². The van der Waals surface area contributed by atoms with Crippen LogP contribution in [0.4, 0.5) is 4.79 Å². The molecule has 1 fully saturated rings. The zero-order chi connectivity index (χ0) is 13.8. The summed E-state index contributed by atoms with van der Waals surface area (Å²) in [6, 6.07) is -0.436. The van der Waals surface area contributed by atoms with Gasteiger partial charge in [0.05, 0.1) is 5.41 Å². The lowest BCUT2D eigenvalue weighted by atomic mass is 10.1. The minimum atomic E-state index is -0.880. The molecule has 7 heteroatoms. The molecular weight excluding hydrogens is 238 g/mol. The Morgan fingerprint density at radius 3 is 2.33 bits per heavy atom. The second kappa shape index (κ2) is 5.70. The maximum absolute atomic E-state index is 11.6. The lowest BCUT2D eigenvalue weighted by Crippen LogP contribution is -2.45. The quantitative estimate of drug-likeness (QED) is 0.604. The number of carbonyl (C=O) groups is 3. The first kappa shape index (κ1) is 14.3. The highest BCUT2D eigenvalue weighted by Gasteiger charge is 2.50. The molecule has 1 saturated carbocycles. The minimum Gasteiger partial charge on any atom is -0.481 e. The van der Waals surface area contributed by atoms with E-state index in [2.05, 4.69) is 10.6 Å². The number of nitrogens with zero attached hydrogens (tertiary/aromatic N) is 1. The number of nitrogens with one attached hydrogen (secondary N) is 2. The minimum absolute atomic E-state index is 0.0419. The van der Waals surface area contributed by atoms with Crippen LogP contribution in [0.1, 0.15) is 19.8 Å². The van der Waals surface area contributed by atoms with Crippen LogP contribution in [0.15, 0.2) is 0 Å².